The van der Waals surface area contributed by atoms with Gasteiger partial charge in [0.15, 0.2) is 10.6 Å². The van der Waals surface area contributed by atoms with Crippen molar-refractivity contribution in [2.75, 3.05) is 4.47 Å². The molecule has 0 aliphatic rings. The lowest BCUT2D eigenvalue weighted by molar-refractivity contribution is -0.128. The van der Waals surface area contributed by atoms with E-state index in [2.05, 4.69) is 0 Å². The molecule has 150 valence electrons. The second kappa shape index (κ2) is 10.3. The van der Waals surface area contributed by atoms with Crippen molar-refractivity contribution in [2.45, 2.75) is 49.2 Å². The molecule has 0 radical (unpaired) electrons. The monoisotopic (exact) mass is 468 g/mol. The summed E-state index contributed by atoms with van der Waals surface area (Å²) < 4.78 is 44.0. The number of nitrogens with zero attached hydrogens (tertiary/aromatic N) is 1. The Balaban J connectivity index is 3.16. The van der Waals surface area contributed by atoms with E-state index in [9.17, 15) is 27.5 Å². The van der Waals surface area contributed by atoms with Crippen LogP contribution in [0.5, 0.6) is 0 Å². The molecular weight excluding hydrogens is 451 g/mol. The largest absolute Gasteiger partial charge is 0.590 e. The zero-order valence-corrected chi connectivity index (χ0v) is 17.5. The number of hydrogen-bond acceptors (Lipinski definition) is 8. The van der Waals surface area contributed by atoms with E-state index in [1.807, 2.05) is 6.92 Å². The van der Waals surface area contributed by atoms with Crippen molar-refractivity contribution >= 4 is 67.6 Å². The molecule has 0 saturated heterocycles. The Morgan fingerprint density at radius 2 is 1.96 bits per heavy atom. The quantitative estimate of drug-likeness (QED) is 0.134. The third kappa shape index (κ3) is 5.84. The molecule has 1 heterocycles. The average Bonchev–Trinajstić information content (AvgIpc) is 2.87. The molecule has 4 N–H and O–H groups in total. The zero-order chi connectivity index (χ0) is 20.1. The summed E-state index contributed by atoms with van der Waals surface area (Å²) in [7, 11) is -4.89. The predicted molar refractivity (Wildman–Crippen MR) is 99.0 cm³/mol. The van der Waals surface area contributed by atoms with E-state index in [-0.39, 0.29) is 15.2 Å². The number of amides is 1. The molecule has 0 aliphatic heterocycles. The fraction of sp³-hybridized carbons (Fsp3) is 0.583. The van der Waals surface area contributed by atoms with Crippen molar-refractivity contribution in [1.82, 2.24) is 5.48 Å². The minimum Gasteiger partial charge on any atom is -0.590 e. The van der Waals surface area contributed by atoms with Crippen molar-refractivity contribution in [3.8, 4) is 0 Å². The van der Waals surface area contributed by atoms with Crippen LogP contribution in [0, 0.1) is 0 Å². The summed E-state index contributed by atoms with van der Waals surface area (Å²) in [5, 5.41) is 17.7. The van der Waals surface area contributed by atoms with Crippen molar-refractivity contribution in [2.24, 2.45) is 0 Å². The second-order valence-electron chi connectivity index (χ2n) is 5.17. The van der Waals surface area contributed by atoms with Gasteiger partial charge in [-0.25, -0.2) is 10.7 Å². The SMILES string of the molecule is CCCCCCC(C(=O)NO)[S+]([O-])N(O)c1c(Cl)sc(Cl)c1S(=O)(=O)O. The van der Waals surface area contributed by atoms with Crippen LogP contribution in [0.3, 0.4) is 0 Å². The molecule has 2 unspecified atom stereocenters. The lowest BCUT2D eigenvalue weighted by atomic mass is 10.1. The van der Waals surface area contributed by atoms with E-state index in [1.54, 1.807) is 0 Å². The van der Waals surface area contributed by atoms with Crippen LogP contribution in [0.25, 0.3) is 0 Å². The molecule has 0 aliphatic carbocycles. The van der Waals surface area contributed by atoms with Gasteiger partial charge in [0.05, 0.1) is 0 Å². The van der Waals surface area contributed by atoms with Crippen molar-refractivity contribution < 1.29 is 32.7 Å². The highest BCUT2D eigenvalue weighted by molar-refractivity contribution is 7.94. The molecule has 1 aromatic rings. The Kier molecular flexibility index (Phi) is 9.39. The molecule has 0 bridgehead atoms. The van der Waals surface area contributed by atoms with Gasteiger partial charge in [-0.1, -0.05) is 53.9 Å². The van der Waals surface area contributed by atoms with Crippen molar-refractivity contribution in [3.05, 3.63) is 8.67 Å². The third-order valence-corrected chi connectivity index (χ3v) is 7.55. The molecule has 0 spiro atoms. The van der Waals surface area contributed by atoms with E-state index < -0.39 is 47.6 Å². The lowest BCUT2D eigenvalue weighted by Crippen LogP contribution is -2.45. The van der Waals surface area contributed by atoms with Gasteiger partial charge in [-0.15, -0.1) is 11.3 Å². The Labute approximate surface area is 167 Å². The highest BCUT2D eigenvalue weighted by Gasteiger charge is 2.41. The summed E-state index contributed by atoms with van der Waals surface area (Å²) in [6, 6.07) is 0. The summed E-state index contributed by atoms with van der Waals surface area (Å²) in [5.74, 6) is -1.02. The molecule has 14 heteroatoms. The van der Waals surface area contributed by atoms with E-state index in [0.717, 1.165) is 19.3 Å². The first-order valence-corrected chi connectivity index (χ1v) is 11.5. The highest BCUT2D eigenvalue weighted by Crippen LogP contribution is 2.46. The summed E-state index contributed by atoms with van der Waals surface area (Å²) in [6.07, 6.45) is 3.06. The number of thiophene rings is 1. The number of rotatable bonds is 10. The minimum atomic E-state index is -4.89. The zero-order valence-electron chi connectivity index (χ0n) is 13.5. The number of unbranched alkanes of at least 4 members (excludes halogenated alkanes) is 3. The number of halogens is 2. The number of carbonyl (C=O) groups excluding carboxylic acids is 1. The Morgan fingerprint density at radius 1 is 1.35 bits per heavy atom. The summed E-state index contributed by atoms with van der Waals surface area (Å²) in [6.45, 7) is 1.98. The predicted octanol–water partition coefficient (Wildman–Crippen LogP) is 3.01. The fourth-order valence-corrected chi connectivity index (χ4v) is 6.44. The molecular formula is C12H18Cl2N2O7S3. The Bertz CT molecular complexity index is 729. The maximum atomic E-state index is 12.6. The van der Waals surface area contributed by atoms with Gasteiger partial charge in [-0.3, -0.25) is 14.6 Å². The van der Waals surface area contributed by atoms with Gasteiger partial charge in [0, 0.05) is 6.42 Å². The summed E-state index contributed by atoms with van der Waals surface area (Å²) in [5.41, 5.74) is 0.662. The number of nitrogens with one attached hydrogen (secondary N) is 1. The van der Waals surface area contributed by atoms with Gasteiger partial charge >= 0.3 is 0 Å². The average molecular weight is 469 g/mol. The van der Waals surface area contributed by atoms with Crippen LogP contribution in [0.1, 0.15) is 39.0 Å². The van der Waals surface area contributed by atoms with Crippen LogP contribution in [-0.2, 0) is 26.3 Å². The van der Waals surface area contributed by atoms with Gasteiger partial charge < -0.3 is 4.55 Å². The van der Waals surface area contributed by atoms with E-state index in [0.29, 0.717) is 17.8 Å². The Morgan fingerprint density at radius 3 is 2.46 bits per heavy atom. The molecule has 0 aromatic carbocycles. The van der Waals surface area contributed by atoms with Crippen LogP contribution in [0.2, 0.25) is 8.67 Å². The first kappa shape index (κ1) is 23.7. The molecule has 1 amide bonds. The molecule has 0 fully saturated rings. The van der Waals surface area contributed by atoms with Gasteiger partial charge in [-0.05, 0) is 6.42 Å². The van der Waals surface area contributed by atoms with Crippen LogP contribution in [-0.4, -0.2) is 39.1 Å². The van der Waals surface area contributed by atoms with Gasteiger partial charge in [0.2, 0.25) is 5.25 Å². The topological polar surface area (TPSA) is 150 Å². The molecule has 2 atom stereocenters. The third-order valence-electron chi connectivity index (χ3n) is 3.34. The van der Waals surface area contributed by atoms with Crippen LogP contribution in [0.15, 0.2) is 4.90 Å². The summed E-state index contributed by atoms with van der Waals surface area (Å²) in [4.78, 5) is 10.9. The highest BCUT2D eigenvalue weighted by atomic mass is 35.5. The molecule has 0 saturated carbocycles. The fourth-order valence-electron chi connectivity index (χ4n) is 2.10. The first-order valence-electron chi connectivity index (χ1n) is 7.35. The lowest BCUT2D eigenvalue weighted by Gasteiger charge is -2.25. The van der Waals surface area contributed by atoms with Crippen LogP contribution >= 0.6 is 34.5 Å². The number of hydrogen-bond donors (Lipinski definition) is 4. The van der Waals surface area contributed by atoms with Gasteiger partial charge in [0.25, 0.3) is 16.0 Å². The Hall–Kier alpha value is -0.310. The summed E-state index contributed by atoms with van der Waals surface area (Å²) >= 11 is 9.54. The minimum absolute atomic E-state index is 0.0342. The van der Waals surface area contributed by atoms with E-state index in [4.69, 9.17) is 28.4 Å². The van der Waals surface area contributed by atoms with Crippen LogP contribution < -0.4 is 9.95 Å². The maximum absolute atomic E-state index is 12.6. The molecule has 1 rings (SSSR count). The first-order chi connectivity index (χ1) is 12.1. The van der Waals surface area contributed by atoms with E-state index >= 15 is 0 Å². The smallest absolute Gasteiger partial charge is 0.299 e. The number of carbonyl (C=O) groups is 1. The molecule has 9 nitrogen and oxygen atoms in total. The maximum Gasteiger partial charge on any atom is 0.299 e. The van der Waals surface area contributed by atoms with Crippen molar-refractivity contribution in [1.29, 1.82) is 0 Å². The van der Waals surface area contributed by atoms with E-state index in [1.165, 1.54) is 5.48 Å². The standard InChI is InChI=1S/C12H18Cl2N2O7S3/c1-2-3-4-5-6-7(12(17)15-18)25(20)16(19)8-9(26(21,22)23)11(14)24-10(8)13/h7,18-19H,2-6H2,1H3,(H,15,17)(H,21,22,23). The van der Waals surface area contributed by atoms with Gasteiger partial charge in [-0.2, -0.15) is 8.42 Å². The molecule has 1 aromatic heterocycles. The second-order valence-corrected chi connectivity index (χ2v) is 10.2. The number of anilines is 1. The molecule has 26 heavy (non-hydrogen) atoms. The normalized spacial score (nSPS) is 14.1. The van der Waals surface area contributed by atoms with Crippen LogP contribution in [0.4, 0.5) is 5.69 Å². The van der Waals surface area contributed by atoms with Gasteiger partial charge in [0.1, 0.15) is 20.0 Å². The number of hydroxylamine groups is 1. The van der Waals surface area contributed by atoms with Crippen molar-refractivity contribution in [3.63, 3.8) is 0 Å².